The van der Waals surface area contributed by atoms with Gasteiger partial charge in [-0.3, -0.25) is 4.79 Å². The lowest BCUT2D eigenvalue weighted by molar-refractivity contribution is -0.136. The van der Waals surface area contributed by atoms with Gasteiger partial charge in [-0.25, -0.2) is 4.79 Å². The van der Waals surface area contributed by atoms with Crippen LogP contribution in [0.3, 0.4) is 0 Å². The molecule has 0 saturated carbocycles. The van der Waals surface area contributed by atoms with Crippen LogP contribution in [0.4, 0.5) is 0 Å². The van der Waals surface area contributed by atoms with Crippen molar-refractivity contribution in [2.75, 3.05) is 6.61 Å². The van der Waals surface area contributed by atoms with Crippen LogP contribution in [0.25, 0.3) is 0 Å². The van der Waals surface area contributed by atoms with E-state index >= 15 is 0 Å². The van der Waals surface area contributed by atoms with E-state index in [4.69, 9.17) is 9.47 Å². The fourth-order valence-corrected chi connectivity index (χ4v) is 1.73. The van der Waals surface area contributed by atoms with Crippen LogP contribution in [0.1, 0.15) is 23.7 Å². The Morgan fingerprint density at radius 3 is 2.19 bits per heavy atom. The molecule has 0 unspecified atom stereocenters. The lowest BCUT2D eigenvalue weighted by atomic mass is 10.1. The Kier molecular flexibility index (Phi) is 5.10. The Balaban J connectivity index is 1.86. The molecule has 0 bridgehead atoms. The van der Waals surface area contributed by atoms with Crippen molar-refractivity contribution in [1.82, 2.24) is 0 Å². The van der Waals surface area contributed by atoms with Crippen LogP contribution < -0.4 is 9.47 Å². The van der Waals surface area contributed by atoms with Crippen molar-refractivity contribution in [3.05, 3.63) is 60.2 Å². The fraction of sp³-hybridized carbons (Fsp3) is 0.176. The first kappa shape index (κ1) is 14.8. The van der Waals surface area contributed by atoms with Crippen LogP contribution in [-0.2, 0) is 4.79 Å². The van der Waals surface area contributed by atoms with E-state index in [0.29, 0.717) is 23.5 Å². The normalized spacial score (nSPS) is 9.95. The van der Waals surface area contributed by atoms with E-state index in [2.05, 4.69) is 0 Å². The summed E-state index contributed by atoms with van der Waals surface area (Å²) in [7, 11) is 0. The second kappa shape index (κ2) is 7.24. The number of para-hydroxylation sites is 1. The van der Waals surface area contributed by atoms with Gasteiger partial charge >= 0.3 is 5.97 Å². The zero-order chi connectivity index (χ0) is 15.1. The van der Waals surface area contributed by atoms with Gasteiger partial charge in [0.1, 0.15) is 11.5 Å². The molecule has 2 aromatic rings. The van der Waals surface area contributed by atoms with Crippen LogP contribution in [0.15, 0.2) is 54.6 Å². The van der Waals surface area contributed by atoms with Gasteiger partial charge in [0, 0.05) is 12.0 Å². The Hall–Kier alpha value is -2.62. The number of carbonyl (C=O) groups excluding carboxylic acids is 2. The van der Waals surface area contributed by atoms with Gasteiger partial charge in [0.05, 0.1) is 0 Å². The first-order chi connectivity index (χ1) is 10.2. The van der Waals surface area contributed by atoms with Crippen molar-refractivity contribution in [2.45, 2.75) is 13.3 Å². The maximum atomic E-state index is 11.6. The highest BCUT2D eigenvalue weighted by molar-refractivity contribution is 5.95. The molecule has 0 heterocycles. The zero-order valence-electron chi connectivity index (χ0n) is 11.7. The average Bonchev–Trinajstić information content (AvgIpc) is 2.54. The molecule has 0 fully saturated rings. The lowest BCUT2D eigenvalue weighted by Gasteiger charge is -2.07. The number of hydrogen-bond donors (Lipinski definition) is 0. The number of Topliss-reactive ketones (excluding diaryl/α,β-unsaturated/α-hetero) is 1. The lowest BCUT2D eigenvalue weighted by Crippen LogP contribution is -2.17. The Morgan fingerprint density at radius 1 is 0.905 bits per heavy atom. The molecule has 0 amide bonds. The van der Waals surface area contributed by atoms with Gasteiger partial charge in [-0.15, -0.1) is 0 Å². The van der Waals surface area contributed by atoms with E-state index in [-0.39, 0.29) is 12.4 Å². The molecule has 0 radical (unpaired) electrons. The van der Waals surface area contributed by atoms with Crippen molar-refractivity contribution in [2.24, 2.45) is 0 Å². The van der Waals surface area contributed by atoms with Crippen molar-refractivity contribution in [3.63, 3.8) is 0 Å². The molecule has 0 aliphatic carbocycles. The minimum atomic E-state index is -0.492. The summed E-state index contributed by atoms with van der Waals surface area (Å²) in [6.07, 6.45) is 0.448. The van der Waals surface area contributed by atoms with E-state index in [9.17, 15) is 9.59 Å². The van der Waals surface area contributed by atoms with Gasteiger partial charge in [0.2, 0.25) is 0 Å². The summed E-state index contributed by atoms with van der Waals surface area (Å²) in [6.45, 7) is 1.64. The molecular formula is C17H16O4. The maximum absolute atomic E-state index is 11.6. The fourth-order valence-electron chi connectivity index (χ4n) is 1.73. The molecule has 0 spiro atoms. The third-order valence-electron chi connectivity index (χ3n) is 2.83. The number of hydrogen-bond acceptors (Lipinski definition) is 4. The predicted molar refractivity (Wildman–Crippen MR) is 78.6 cm³/mol. The van der Waals surface area contributed by atoms with Crippen LogP contribution >= 0.6 is 0 Å². The van der Waals surface area contributed by atoms with Gasteiger partial charge in [-0.2, -0.15) is 0 Å². The highest BCUT2D eigenvalue weighted by Gasteiger charge is 2.07. The summed E-state index contributed by atoms with van der Waals surface area (Å²) >= 11 is 0. The van der Waals surface area contributed by atoms with Crippen molar-refractivity contribution >= 4 is 11.8 Å². The molecule has 0 aliphatic rings. The van der Waals surface area contributed by atoms with Crippen molar-refractivity contribution < 1.29 is 19.1 Å². The third-order valence-corrected chi connectivity index (χ3v) is 2.83. The average molecular weight is 284 g/mol. The van der Waals surface area contributed by atoms with E-state index < -0.39 is 5.97 Å². The van der Waals surface area contributed by atoms with Crippen molar-refractivity contribution in [3.8, 4) is 11.5 Å². The van der Waals surface area contributed by atoms with Crippen LogP contribution in [0, 0.1) is 0 Å². The summed E-state index contributed by atoms with van der Waals surface area (Å²) in [5, 5.41) is 0. The molecule has 21 heavy (non-hydrogen) atoms. The van der Waals surface area contributed by atoms with E-state index in [1.54, 1.807) is 43.3 Å². The minimum absolute atomic E-state index is 0.0558. The summed E-state index contributed by atoms with van der Waals surface area (Å²) in [6, 6.07) is 15.5. The van der Waals surface area contributed by atoms with Crippen LogP contribution in [-0.4, -0.2) is 18.4 Å². The van der Waals surface area contributed by atoms with E-state index in [0.717, 1.165) is 0 Å². The van der Waals surface area contributed by atoms with E-state index in [1.165, 1.54) is 0 Å². The number of rotatable bonds is 6. The summed E-state index contributed by atoms with van der Waals surface area (Å²) in [4.78, 5) is 23.1. The summed E-state index contributed by atoms with van der Waals surface area (Å²) in [5.41, 5.74) is 0.609. The highest BCUT2D eigenvalue weighted by atomic mass is 16.6. The number of benzene rings is 2. The monoisotopic (exact) mass is 284 g/mol. The Bertz CT molecular complexity index is 602. The number of esters is 1. The first-order valence-corrected chi connectivity index (χ1v) is 6.71. The molecule has 0 aliphatic heterocycles. The second-order valence-corrected chi connectivity index (χ2v) is 4.38. The van der Waals surface area contributed by atoms with Gasteiger partial charge in [-0.1, -0.05) is 25.1 Å². The van der Waals surface area contributed by atoms with Gasteiger partial charge in [0.15, 0.2) is 12.4 Å². The largest absolute Gasteiger partial charge is 0.482 e. The summed E-state index contributed by atoms with van der Waals surface area (Å²) < 4.78 is 10.4. The minimum Gasteiger partial charge on any atom is -0.482 e. The third kappa shape index (κ3) is 4.45. The standard InChI is InChI=1S/C17H16O4/c1-2-16(18)13-8-10-15(11-9-13)21-17(19)12-20-14-6-4-3-5-7-14/h3-11H,2,12H2,1H3. The number of ether oxygens (including phenoxy) is 2. The van der Waals surface area contributed by atoms with Crippen molar-refractivity contribution in [1.29, 1.82) is 0 Å². The molecule has 2 aromatic carbocycles. The van der Waals surface area contributed by atoms with Gasteiger partial charge in [0.25, 0.3) is 0 Å². The molecule has 108 valence electrons. The molecule has 0 aromatic heterocycles. The Labute approximate surface area is 123 Å². The Morgan fingerprint density at radius 2 is 1.57 bits per heavy atom. The molecule has 0 N–H and O–H groups in total. The molecule has 0 atom stereocenters. The zero-order valence-corrected chi connectivity index (χ0v) is 11.7. The second-order valence-electron chi connectivity index (χ2n) is 4.38. The maximum Gasteiger partial charge on any atom is 0.349 e. The molecule has 0 saturated heterocycles. The van der Waals surface area contributed by atoms with Crippen LogP contribution in [0.5, 0.6) is 11.5 Å². The molecule has 4 nitrogen and oxygen atoms in total. The topological polar surface area (TPSA) is 52.6 Å². The predicted octanol–water partition coefficient (Wildman–Crippen LogP) is 3.26. The summed E-state index contributed by atoms with van der Waals surface area (Å²) in [5.74, 6) is 0.566. The molecular weight excluding hydrogens is 268 g/mol. The van der Waals surface area contributed by atoms with Gasteiger partial charge < -0.3 is 9.47 Å². The van der Waals surface area contributed by atoms with E-state index in [1.807, 2.05) is 18.2 Å². The molecule has 2 rings (SSSR count). The highest BCUT2D eigenvalue weighted by Crippen LogP contribution is 2.14. The first-order valence-electron chi connectivity index (χ1n) is 6.71. The quantitative estimate of drug-likeness (QED) is 0.464. The van der Waals surface area contributed by atoms with Crippen LogP contribution in [0.2, 0.25) is 0 Å². The number of carbonyl (C=O) groups is 2. The molecule has 4 heteroatoms. The number of ketones is 1. The van der Waals surface area contributed by atoms with Gasteiger partial charge in [-0.05, 0) is 36.4 Å². The SMILES string of the molecule is CCC(=O)c1ccc(OC(=O)COc2ccccc2)cc1. The smallest absolute Gasteiger partial charge is 0.349 e.